The quantitative estimate of drug-likeness (QED) is 0.735. The predicted molar refractivity (Wildman–Crippen MR) is 90.1 cm³/mol. The summed E-state index contributed by atoms with van der Waals surface area (Å²) in [4.78, 5) is 11.9. The molecule has 0 aliphatic rings. The van der Waals surface area contributed by atoms with Crippen molar-refractivity contribution >= 4 is 22.6 Å². The Morgan fingerprint density at radius 2 is 2.18 bits per heavy atom. The number of aliphatic hydroxyl groups is 1. The molecule has 0 fully saturated rings. The summed E-state index contributed by atoms with van der Waals surface area (Å²) in [6.45, 7) is 5.82. The van der Waals surface area contributed by atoms with Crippen LogP contribution in [0.1, 0.15) is 26.7 Å². The van der Waals surface area contributed by atoms with Crippen LogP contribution in [0.2, 0.25) is 0 Å². The van der Waals surface area contributed by atoms with Gasteiger partial charge in [0.25, 0.3) is 0 Å². The van der Waals surface area contributed by atoms with E-state index in [4.69, 9.17) is 5.11 Å². The van der Waals surface area contributed by atoms with Gasteiger partial charge in [0.15, 0.2) is 0 Å². The number of fused-ring (bicyclic) bond motifs is 1. The monoisotopic (exact) mass is 303 g/mol. The fourth-order valence-corrected chi connectivity index (χ4v) is 2.46. The van der Waals surface area contributed by atoms with Crippen LogP contribution < -0.4 is 10.6 Å². The Hall–Kier alpha value is -2.01. The largest absolute Gasteiger partial charge is 0.396 e. The fourth-order valence-electron chi connectivity index (χ4n) is 2.46. The lowest BCUT2D eigenvalue weighted by Gasteiger charge is -2.12. The van der Waals surface area contributed by atoms with Crippen molar-refractivity contribution in [2.24, 2.45) is 5.92 Å². The number of nitrogens with one attached hydrogen (secondary N) is 2. The van der Waals surface area contributed by atoms with Gasteiger partial charge in [-0.05, 0) is 42.3 Å². The molecule has 0 bridgehead atoms. The van der Waals surface area contributed by atoms with Crippen molar-refractivity contribution in [2.75, 3.05) is 18.5 Å². The Bertz CT molecular complexity index is 621. The normalized spacial score (nSPS) is 12.3. The van der Waals surface area contributed by atoms with E-state index in [0.717, 1.165) is 24.2 Å². The van der Waals surface area contributed by atoms with Gasteiger partial charge >= 0.3 is 6.03 Å². The third-order valence-corrected chi connectivity index (χ3v) is 3.73. The molecule has 3 N–H and O–H groups in total. The lowest BCUT2D eigenvalue weighted by molar-refractivity contribution is 0.243. The fraction of sp³-hybridized carbons (Fsp3) is 0.471. The van der Waals surface area contributed by atoms with E-state index in [-0.39, 0.29) is 18.6 Å². The molecular formula is C17H25N3O2. The highest BCUT2D eigenvalue weighted by Gasteiger charge is 2.07. The summed E-state index contributed by atoms with van der Waals surface area (Å²) in [5.74, 6) is 0.264. The first kappa shape index (κ1) is 16.4. The number of aromatic nitrogens is 1. The van der Waals surface area contributed by atoms with Crippen molar-refractivity contribution in [2.45, 2.75) is 33.2 Å². The topological polar surface area (TPSA) is 66.3 Å². The highest BCUT2D eigenvalue weighted by molar-refractivity contribution is 5.92. The van der Waals surface area contributed by atoms with Crippen molar-refractivity contribution in [1.29, 1.82) is 0 Å². The van der Waals surface area contributed by atoms with Gasteiger partial charge in [-0.1, -0.05) is 19.9 Å². The molecule has 2 rings (SSSR count). The molecule has 0 aliphatic carbocycles. The van der Waals surface area contributed by atoms with Gasteiger partial charge < -0.3 is 20.3 Å². The zero-order valence-electron chi connectivity index (χ0n) is 13.3. The van der Waals surface area contributed by atoms with E-state index in [2.05, 4.69) is 34.4 Å². The van der Waals surface area contributed by atoms with Gasteiger partial charge in [-0.25, -0.2) is 4.79 Å². The van der Waals surface area contributed by atoms with E-state index in [9.17, 15) is 4.79 Å². The van der Waals surface area contributed by atoms with E-state index in [1.165, 1.54) is 5.39 Å². The number of amides is 2. The Labute approximate surface area is 131 Å². The van der Waals surface area contributed by atoms with Crippen LogP contribution in [0.15, 0.2) is 30.5 Å². The Morgan fingerprint density at radius 3 is 2.91 bits per heavy atom. The van der Waals surface area contributed by atoms with Crippen LogP contribution >= 0.6 is 0 Å². The molecule has 5 heteroatoms. The maximum atomic E-state index is 11.9. The van der Waals surface area contributed by atoms with E-state index in [0.29, 0.717) is 13.0 Å². The molecule has 0 aliphatic heterocycles. The molecule has 1 atom stereocenters. The highest BCUT2D eigenvalue weighted by atomic mass is 16.3. The van der Waals surface area contributed by atoms with Gasteiger partial charge in [-0.15, -0.1) is 0 Å². The number of aryl methyl sites for hydroxylation is 1. The first-order valence-electron chi connectivity index (χ1n) is 7.88. The molecule has 1 unspecified atom stereocenters. The minimum Gasteiger partial charge on any atom is -0.396 e. The molecular weight excluding hydrogens is 278 g/mol. The summed E-state index contributed by atoms with van der Waals surface area (Å²) >= 11 is 0. The van der Waals surface area contributed by atoms with Crippen LogP contribution in [-0.2, 0) is 6.54 Å². The molecule has 5 nitrogen and oxygen atoms in total. The molecule has 0 spiro atoms. The average Bonchev–Trinajstić information content (AvgIpc) is 2.89. The summed E-state index contributed by atoms with van der Waals surface area (Å²) in [6.07, 6.45) is 3.84. The van der Waals surface area contributed by atoms with Crippen molar-refractivity contribution in [3.8, 4) is 0 Å². The number of carbonyl (C=O) groups excluding carboxylic acids is 1. The molecule has 120 valence electrons. The summed E-state index contributed by atoms with van der Waals surface area (Å²) < 4.78 is 2.20. The number of rotatable bonds is 7. The molecule has 1 aromatic heterocycles. The maximum Gasteiger partial charge on any atom is 0.319 e. The minimum atomic E-state index is -0.210. The molecule has 22 heavy (non-hydrogen) atoms. The smallest absolute Gasteiger partial charge is 0.319 e. The van der Waals surface area contributed by atoms with E-state index in [1.54, 1.807) is 0 Å². The summed E-state index contributed by atoms with van der Waals surface area (Å²) in [7, 11) is 0. The van der Waals surface area contributed by atoms with Crippen LogP contribution in [0.4, 0.5) is 10.5 Å². The summed E-state index contributed by atoms with van der Waals surface area (Å²) in [6, 6.07) is 7.81. The second-order valence-electron chi connectivity index (χ2n) is 5.74. The Balaban J connectivity index is 1.98. The van der Waals surface area contributed by atoms with Gasteiger partial charge in [0, 0.05) is 31.6 Å². The van der Waals surface area contributed by atoms with E-state index < -0.39 is 0 Å². The number of benzene rings is 1. The zero-order chi connectivity index (χ0) is 15.9. The number of hydrogen-bond acceptors (Lipinski definition) is 2. The maximum absolute atomic E-state index is 11.9. The zero-order valence-corrected chi connectivity index (χ0v) is 13.3. The second-order valence-corrected chi connectivity index (χ2v) is 5.74. The van der Waals surface area contributed by atoms with Gasteiger partial charge in [0.2, 0.25) is 0 Å². The van der Waals surface area contributed by atoms with E-state index >= 15 is 0 Å². The average molecular weight is 303 g/mol. The van der Waals surface area contributed by atoms with Crippen molar-refractivity contribution in [1.82, 2.24) is 9.88 Å². The number of carbonyl (C=O) groups is 1. The van der Waals surface area contributed by atoms with Crippen LogP contribution in [0.25, 0.3) is 10.9 Å². The number of hydrogen-bond donors (Lipinski definition) is 3. The van der Waals surface area contributed by atoms with Crippen molar-refractivity contribution in [3.05, 3.63) is 30.5 Å². The summed E-state index contributed by atoms with van der Waals surface area (Å²) in [5.41, 5.74) is 1.92. The number of nitrogens with zero attached hydrogens (tertiary/aromatic N) is 1. The van der Waals surface area contributed by atoms with Crippen LogP contribution in [-0.4, -0.2) is 28.9 Å². The van der Waals surface area contributed by atoms with Crippen LogP contribution in [0.3, 0.4) is 0 Å². The first-order valence-corrected chi connectivity index (χ1v) is 7.88. The van der Waals surface area contributed by atoms with E-state index in [1.807, 2.05) is 25.1 Å². The van der Waals surface area contributed by atoms with Crippen LogP contribution in [0.5, 0.6) is 0 Å². The predicted octanol–water partition coefficient (Wildman–Crippen LogP) is 3.19. The Kier molecular flexibility index (Phi) is 5.83. The van der Waals surface area contributed by atoms with Gasteiger partial charge in [0.05, 0.1) is 5.52 Å². The molecule has 1 heterocycles. The van der Waals surface area contributed by atoms with Gasteiger partial charge in [-0.3, -0.25) is 0 Å². The molecule has 0 radical (unpaired) electrons. The van der Waals surface area contributed by atoms with Gasteiger partial charge in [0.1, 0.15) is 0 Å². The third-order valence-electron chi connectivity index (χ3n) is 3.73. The minimum absolute atomic E-state index is 0.148. The molecule has 0 saturated heterocycles. The van der Waals surface area contributed by atoms with Gasteiger partial charge in [-0.2, -0.15) is 0 Å². The van der Waals surface area contributed by atoms with Crippen molar-refractivity contribution < 1.29 is 9.90 Å². The summed E-state index contributed by atoms with van der Waals surface area (Å²) in [5, 5.41) is 15.7. The second kappa shape index (κ2) is 7.84. The molecule has 2 amide bonds. The lowest BCUT2D eigenvalue weighted by Crippen LogP contribution is -2.32. The molecule has 1 aromatic carbocycles. The number of aliphatic hydroxyl groups excluding tert-OH is 1. The third kappa shape index (κ3) is 4.24. The highest BCUT2D eigenvalue weighted by Crippen LogP contribution is 2.20. The lowest BCUT2D eigenvalue weighted by atomic mass is 10.1. The SMILES string of the molecule is CCCn1ccc2ccc(NC(=O)NCC(C)CCO)cc21. The first-order chi connectivity index (χ1) is 10.6. The number of anilines is 1. The number of urea groups is 1. The molecule has 2 aromatic rings. The van der Waals surface area contributed by atoms with Crippen molar-refractivity contribution in [3.63, 3.8) is 0 Å². The standard InChI is InChI=1S/C17H25N3O2/c1-3-8-20-9-6-14-4-5-15(11-16(14)20)19-17(22)18-12-13(2)7-10-21/h4-6,9,11,13,21H,3,7-8,10,12H2,1-2H3,(H2,18,19,22). The molecule has 0 saturated carbocycles. The van der Waals surface area contributed by atoms with Crippen LogP contribution in [0, 0.1) is 5.92 Å². The Morgan fingerprint density at radius 1 is 1.36 bits per heavy atom.